The highest BCUT2D eigenvalue weighted by Crippen LogP contribution is 2.20. The fraction of sp³-hybridized carbons (Fsp3) is 0.538. The van der Waals surface area contributed by atoms with Crippen molar-refractivity contribution in [2.24, 2.45) is 5.73 Å². The maximum Gasteiger partial charge on any atom is 0.276 e. The molecule has 5 nitrogen and oxygen atoms in total. The first-order valence-electron chi connectivity index (χ1n) is 6.24. The molecule has 5 heteroatoms. The number of likely N-dealkylation sites (tertiary alicyclic amines) is 1. The molecule has 2 heterocycles. The fourth-order valence-corrected chi connectivity index (χ4v) is 2.02. The van der Waals surface area contributed by atoms with E-state index in [1.807, 2.05) is 13.8 Å². The largest absolute Gasteiger partial charge is 0.489 e. The molecule has 18 heavy (non-hydrogen) atoms. The third-order valence-corrected chi connectivity index (χ3v) is 2.85. The molecule has 0 aliphatic carbocycles. The molecule has 1 fully saturated rings. The van der Waals surface area contributed by atoms with Crippen molar-refractivity contribution in [3.05, 3.63) is 24.0 Å². The van der Waals surface area contributed by atoms with Crippen molar-refractivity contribution in [1.29, 1.82) is 0 Å². The lowest BCUT2D eigenvalue weighted by Crippen LogP contribution is -2.32. The second-order valence-corrected chi connectivity index (χ2v) is 4.82. The van der Waals surface area contributed by atoms with E-state index in [9.17, 15) is 4.79 Å². The normalized spacial score (nSPS) is 19.3. The molecule has 0 unspecified atom stereocenters. The highest BCUT2D eigenvalue weighted by molar-refractivity contribution is 5.95. The smallest absolute Gasteiger partial charge is 0.276 e. The molecule has 1 amide bonds. The van der Waals surface area contributed by atoms with Crippen LogP contribution in [0.3, 0.4) is 0 Å². The lowest BCUT2D eigenvalue weighted by Gasteiger charge is -2.18. The molecule has 1 aliphatic heterocycles. The van der Waals surface area contributed by atoms with Crippen LogP contribution in [0.15, 0.2) is 18.3 Å². The van der Waals surface area contributed by atoms with Crippen molar-refractivity contribution in [2.75, 3.05) is 13.1 Å². The molecule has 2 rings (SSSR count). The van der Waals surface area contributed by atoms with Gasteiger partial charge in [-0.25, -0.2) is 4.98 Å². The minimum atomic E-state index is -0.0980. The maximum absolute atomic E-state index is 12.3. The van der Waals surface area contributed by atoms with Crippen molar-refractivity contribution in [3.63, 3.8) is 0 Å². The Hall–Kier alpha value is -1.62. The first kappa shape index (κ1) is 12.8. The number of pyridine rings is 1. The average Bonchev–Trinajstić information content (AvgIpc) is 2.75. The summed E-state index contributed by atoms with van der Waals surface area (Å²) < 4.78 is 5.61. The lowest BCUT2D eigenvalue weighted by molar-refractivity contribution is 0.0778. The van der Waals surface area contributed by atoms with Crippen LogP contribution in [0.25, 0.3) is 0 Å². The molecule has 1 atom stereocenters. The number of rotatable bonds is 3. The van der Waals surface area contributed by atoms with E-state index in [1.165, 1.54) is 0 Å². The topological polar surface area (TPSA) is 68.5 Å². The molecule has 1 saturated heterocycles. The van der Waals surface area contributed by atoms with Gasteiger partial charge in [0.15, 0.2) is 11.4 Å². The van der Waals surface area contributed by atoms with Crippen molar-refractivity contribution >= 4 is 5.91 Å². The Morgan fingerprint density at radius 1 is 1.61 bits per heavy atom. The predicted octanol–water partition coefficient (Wildman–Crippen LogP) is 1.04. The van der Waals surface area contributed by atoms with Crippen molar-refractivity contribution in [3.8, 4) is 5.75 Å². The second kappa shape index (κ2) is 5.35. The van der Waals surface area contributed by atoms with Crippen molar-refractivity contribution < 1.29 is 9.53 Å². The monoisotopic (exact) mass is 249 g/mol. The number of aromatic nitrogens is 1. The average molecular weight is 249 g/mol. The summed E-state index contributed by atoms with van der Waals surface area (Å²) >= 11 is 0. The van der Waals surface area contributed by atoms with Gasteiger partial charge in [-0.05, 0) is 32.4 Å². The van der Waals surface area contributed by atoms with E-state index in [2.05, 4.69) is 4.98 Å². The third-order valence-electron chi connectivity index (χ3n) is 2.85. The molecule has 2 N–H and O–H groups in total. The lowest BCUT2D eigenvalue weighted by atomic mass is 10.3. The van der Waals surface area contributed by atoms with Gasteiger partial charge in [0.25, 0.3) is 5.91 Å². The summed E-state index contributed by atoms with van der Waals surface area (Å²) in [6, 6.07) is 3.62. The van der Waals surface area contributed by atoms with Crippen LogP contribution >= 0.6 is 0 Å². The molecule has 1 aromatic heterocycles. The molecule has 0 bridgehead atoms. The summed E-state index contributed by atoms with van der Waals surface area (Å²) in [5, 5.41) is 0. The molecule has 1 aromatic rings. The van der Waals surface area contributed by atoms with Gasteiger partial charge < -0.3 is 15.4 Å². The number of nitrogens with two attached hydrogens (primary N) is 1. The molecular formula is C13H19N3O2. The Bertz CT molecular complexity index is 434. The predicted molar refractivity (Wildman–Crippen MR) is 68.5 cm³/mol. The number of carbonyl (C=O) groups is 1. The van der Waals surface area contributed by atoms with E-state index in [1.54, 1.807) is 23.2 Å². The van der Waals surface area contributed by atoms with Crippen LogP contribution in [0, 0.1) is 0 Å². The first-order chi connectivity index (χ1) is 8.58. The van der Waals surface area contributed by atoms with Crippen LogP contribution in [0.5, 0.6) is 5.75 Å². The Kier molecular flexibility index (Phi) is 3.81. The maximum atomic E-state index is 12.3. The molecule has 0 radical (unpaired) electrons. The molecule has 0 saturated carbocycles. The van der Waals surface area contributed by atoms with Crippen molar-refractivity contribution in [1.82, 2.24) is 9.88 Å². The first-order valence-corrected chi connectivity index (χ1v) is 6.24. The van der Waals surface area contributed by atoms with Gasteiger partial charge in [0.2, 0.25) is 0 Å². The highest BCUT2D eigenvalue weighted by atomic mass is 16.5. The van der Waals surface area contributed by atoms with E-state index in [-0.39, 0.29) is 18.1 Å². The SMILES string of the molecule is CC(C)Oc1cccnc1C(=O)N1CC[C@@H](N)C1. The van der Waals surface area contributed by atoms with E-state index in [4.69, 9.17) is 10.5 Å². The molecule has 0 spiro atoms. The minimum Gasteiger partial charge on any atom is -0.489 e. The van der Waals surface area contributed by atoms with Crippen LogP contribution in [0.4, 0.5) is 0 Å². The molecular weight excluding hydrogens is 230 g/mol. The number of hydrogen-bond acceptors (Lipinski definition) is 4. The summed E-state index contributed by atoms with van der Waals surface area (Å²) in [6.07, 6.45) is 2.47. The van der Waals surface area contributed by atoms with Gasteiger partial charge in [0.05, 0.1) is 6.10 Å². The quantitative estimate of drug-likeness (QED) is 0.869. The van der Waals surface area contributed by atoms with Gasteiger partial charge in [0, 0.05) is 25.3 Å². The summed E-state index contributed by atoms with van der Waals surface area (Å²) in [5.74, 6) is 0.442. The summed E-state index contributed by atoms with van der Waals surface area (Å²) in [5.41, 5.74) is 6.19. The van der Waals surface area contributed by atoms with E-state index < -0.39 is 0 Å². The van der Waals surface area contributed by atoms with E-state index in [0.29, 0.717) is 24.5 Å². The van der Waals surface area contributed by atoms with Crippen LogP contribution in [-0.2, 0) is 0 Å². The zero-order valence-corrected chi connectivity index (χ0v) is 10.8. The van der Waals surface area contributed by atoms with Crippen LogP contribution in [0.1, 0.15) is 30.8 Å². The number of carbonyl (C=O) groups excluding carboxylic acids is 1. The minimum absolute atomic E-state index is 0.0154. The number of nitrogens with zero attached hydrogens (tertiary/aromatic N) is 2. The number of ether oxygens (including phenoxy) is 1. The summed E-state index contributed by atoms with van der Waals surface area (Å²) in [6.45, 7) is 5.13. The van der Waals surface area contributed by atoms with Crippen LogP contribution in [0.2, 0.25) is 0 Å². The Labute approximate surface area is 107 Å². The molecule has 0 aromatic carbocycles. The Morgan fingerprint density at radius 3 is 3.00 bits per heavy atom. The zero-order chi connectivity index (χ0) is 13.1. The Balaban J connectivity index is 2.19. The van der Waals surface area contributed by atoms with Crippen LogP contribution < -0.4 is 10.5 Å². The fourth-order valence-electron chi connectivity index (χ4n) is 2.02. The zero-order valence-electron chi connectivity index (χ0n) is 10.8. The van der Waals surface area contributed by atoms with Gasteiger partial charge in [-0.2, -0.15) is 0 Å². The van der Waals surface area contributed by atoms with Crippen LogP contribution in [-0.4, -0.2) is 41.0 Å². The van der Waals surface area contributed by atoms with Gasteiger partial charge >= 0.3 is 0 Å². The summed E-state index contributed by atoms with van der Waals surface area (Å²) in [7, 11) is 0. The second-order valence-electron chi connectivity index (χ2n) is 4.82. The van der Waals surface area contributed by atoms with E-state index >= 15 is 0 Å². The Morgan fingerprint density at radius 2 is 2.39 bits per heavy atom. The number of amides is 1. The number of hydrogen-bond donors (Lipinski definition) is 1. The third kappa shape index (κ3) is 2.79. The van der Waals surface area contributed by atoms with E-state index in [0.717, 1.165) is 6.42 Å². The summed E-state index contributed by atoms with van der Waals surface area (Å²) in [4.78, 5) is 18.2. The molecule has 98 valence electrons. The standard InChI is InChI=1S/C13H19N3O2/c1-9(2)18-11-4-3-6-15-12(11)13(17)16-7-5-10(14)8-16/h3-4,6,9-10H,5,7-8,14H2,1-2H3/t10-/m1/s1. The van der Waals surface area contributed by atoms with Gasteiger partial charge in [0.1, 0.15) is 0 Å². The highest BCUT2D eigenvalue weighted by Gasteiger charge is 2.27. The van der Waals surface area contributed by atoms with Crippen molar-refractivity contribution in [2.45, 2.75) is 32.4 Å². The van der Waals surface area contributed by atoms with Gasteiger partial charge in [-0.15, -0.1) is 0 Å². The van der Waals surface area contributed by atoms with Gasteiger partial charge in [-0.1, -0.05) is 0 Å². The van der Waals surface area contributed by atoms with Gasteiger partial charge in [-0.3, -0.25) is 4.79 Å². The molecule has 1 aliphatic rings.